The Morgan fingerprint density at radius 1 is 1.58 bits per heavy atom. The van der Waals surface area contributed by atoms with E-state index in [1.165, 1.54) is 0 Å². The smallest absolute Gasteiger partial charge is 0.127 e. The van der Waals surface area contributed by atoms with Crippen molar-refractivity contribution in [2.45, 2.75) is 6.42 Å². The van der Waals surface area contributed by atoms with Crippen molar-refractivity contribution in [3.05, 3.63) is 22.8 Å². The molecule has 0 saturated heterocycles. The minimum Gasteiger partial charge on any atom is -0.369 e. The van der Waals surface area contributed by atoms with E-state index in [0.717, 1.165) is 17.0 Å². The number of hydrogen-bond acceptors (Lipinski definition) is 2. The Balaban J connectivity index is 2.48. The highest BCUT2D eigenvalue weighted by Crippen LogP contribution is 2.09. The highest BCUT2D eigenvalue weighted by atomic mass is 79.9. The predicted molar refractivity (Wildman–Crippen MR) is 53.9 cm³/mol. The summed E-state index contributed by atoms with van der Waals surface area (Å²) >= 11 is 3.28. The van der Waals surface area contributed by atoms with Crippen LogP contribution in [0.15, 0.2) is 22.8 Å². The van der Waals surface area contributed by atoms with Gasteiger partial charge in [0.15, 0.2) is 0 Å². The molecule has 0 unspecified atom stereocenters. The molecule has 2 nitrogen and oxygen atoms in total. The molecule has 0 radical (unpaired) electrons. The summed E-state index contributed by atoms with van der Waals surface area (Å²) in [6.07, 6.45) is 5.82. The Morgan fingerprint density at radius 2 is 2.42 bits per heavy atom. The average molecular weight is 225 g/mol. The van der Waals surface area contributed by atoms with Gasteiger partial charge in [-0.15, -0.1) is 12.3 Å². The molecule has 0 bridgehead atoms. The number of anilines is 1. The number of halogens is 1. The Labute approximate surface area is 80.5 Å². The van der Waals surface area contributed by atoms with Crippen LogP contribution in [0.2, 0.25) is 0 Å². The van der Waals surface area contributed by atoms with Gasteiger partial charge >= 0.3 is 0 Å². The SMILES string of the molecule is C#CCCNc1cccc(Br)n1. The van der Waals surface area contributed by atoms with Gasteiger partial charge in [-0.25, -0.2) is 4.98 Å². The molecule has 3 heteroatoms. The van der Waals surface area contributed by atoms with Crippen molar-refractivity contribution < 1.29 is 0 Å². The molecular formula is C9H9BrN2. The molecule has 0 aliphatic heterocycles. The number of rotatable bonds is 3. The monoisotopic (exact) mass is 224 g/mol. The van der Waals surface area contributed by atoms with Crippen molar-refractivity contribution in [1.82, 2.24) is 4.98 Å². The van der Waals surface area contributed by atoms with E-state index < -0.39 is 0 Å². The molecule has 1 aromatic heterocycles. The maximum absolute atomic E-state index is 5.10. The minimum absolute atomic E-state index is 0.716. The Bertz CT molecular complexity index is 291. The summed E-state index contributed by atoms with van der Waals surface area (Å²) in [4.78, 5) is 4.18. The van der Waals surface area contributed by atoms with Gasteiger partial charge in [0.25, 0.3) is 0 Å². The molecule has 1 heterocycles. The Morgan fingerprint density at radius 3 is 3.08 bits per heavy atom. The molecule has 0 aliphatic rings. The molecule has 1 aromatic rings. The molecule has 0 fully saturated rings. The number of hydrogen-bond donors (Lipinski definition) is 1. The summed E-state index contributed by atoms with van der Waals surface area (Å²) in [5.74, 6) is 3.40. The van der Waals surface area contributed by atoms with Gasteiger partial charge in [-0.05, 0) is 28.1 Å². The third kappa shape index (κ3) is 2.93. The van der Waals surface area contributed by atoms with E-state index in [4.69, 9.17) is 6.42 Å². The van der Waals surface area contributed by atoms with Crippen LogP contribution in [0.1, 0.15) is 6.42 Å². The van der Waals surface area contributed by atoms with Gasteiger partial charge in [-0.3, -0.25) is 0 Å². The summed E-state index contributed by atoms with van der Waals surface area (Å²) < 4.78 is 0.827. The quantitative estimate of drug-likeness (QED) is 0.485. The van der Waals surface area contributed by atoms with Crippen LogP contribution in [0.4, 0.5) is 5.82 Å². The molecule has 1 N–H and O–H groups in total. The van der Waals surface area contributed by atoms with Gasteiger partial charge in [-0.2, -0.15) is 0 Å². The first-order valence-electron chi connectivity index (χ1n) is 3.63. The zero-order valence-electron chi connectivity index (χ0n) is 6.55. The lowest BCUT2D eigenvalue weighted by atomic mass is 10.4. The maximum atomic E-state index is 5.10. The van der Waals surface area contributed by atoms with E-state index >= 15 is 0 Å². The fraction of sp³-hybridized carbons (Fsp3) is 0.222. The molecule has 0 aromatic carbocycles. The molecule has 62 valence electrons. The van der Waals surface area contributed by atoms with Crippen LogP contribution in [0.3, 0.4) is 0 Å². The molecule has 1 rings (SSSR count). The number of aromatic nitrogens is 1. The van der Waals surface area contributed by atoms with E-state index in [-0.39, 0.29) is 0 Å². The molecule has 0 atom stereocenters. The number of nitrogens with one attached hydrogen (secondary N) is 1. The van der Waals surface area contributed by atoms with Crippen molar-refractivity contribution >= 4 is 21.7 Å². The van der Waals surface area contributed by atoms with Gasteiger partial charge in [0.05, 0.1) is 0 Å². The fourth-order valence-electron chi connectivity index (χ4n) is 0.769. The molecule has 0 amide bonds. The summed E-state index contributed by atoms with van der Waals surface area (Å²) in [7, 11) is 0. The van der Waals surface area contributed by atoms with Crippen molar-refractivity contribution in [2.75, 3.05) is 11.9 Å². The zero-order valence-corrected chi connectivity index (χ0v) is 8.13. The molecule has 0 saturated carbocycles. The van der Waals surface area contributed by atoms with Crippen molar-refractivity contribution in [3.8, 4) is 12.3 Å². The zero-order chi connectivity index (χ0) is 8.81. The molecule has 12 heavy (non-hydrogen) atoms. The first-order chi connectivity index (χ1) is 5.83. The van der Waals surface area contributed by atoms with Gasteiger partial charge < -0.3 is 5.32 Å². The maximum Gasteiger partial charge on any atom is 0.127 e. The second kappa shape index (κ2) is 4.78. The van der Waals surface area contributed by atoms with E-state index in [0.29, 0.717) is 6.42 Å². The average Bonchev–Trinajstić information content (AvgIpc) is 2.05. The lowest BCUT2D eigenvalue weighted by Crippen LogP contribution is -2.01. The van der Waals surface area contributed by atoms with E-state index in [2.05, 4.69) is 32.2 Å². The van der Waals surface area contributed by atoms with Gasteiger partial charge in [-0.1, -0.05) is 6.07 Å². The fourth-order valence-corrected chi connectivity index (χ4v) is 1.11. The third-order valence-corrected chi connectivity index (χ3v) is 1.73. The van der Waals surface area contributed by atoms with Crippen LogP contribution in [0, 0.1) is 12.3 Å². The van der Waals surface area contributed by atoms with Gasteiger partial charge in [0.1, 0.15) is 10.4 Å². The summed E-state index contributed by atoms with van der Waals surface area (Å²) in [6.45, 7) is 0.764. The lowest BCUT2D eigenvalue weighted by Gasteiger charge is -2.02. The van der Waals surface area contributed by atoms with Crippen LogP contribution in [-0.2, 0) is 0 Å². The summed E-state index contributed by atoms with van der Waals surface area (Å²) in [5.41, 5.74) is 0. The Hall–Kier alpha value is -1.01. The second-order valence-corrected chi connectivity index (χ2v) is 3.04. The van der Waals surface area contributed by atoms with Gasteiger partial charge in [0, 0.05) is 13.0 Å². The third-order valence-electron chi connectivity index (χ3n) is 1.29. The highest BCUT2D eigenvalue weighted by molar-refractivity contribution is 9.10. The minimum atomic E-state index is 0.716. The van der Waals surface area contributed by atoms with Crippen molar-refractivity contribution in [3.63, 3.8) is 0 Å². The van der Waals surface area contributed by atoms with E-state index in [1.807, 2.05) is 18.2 Å². The van der Waals surface area contributed by atoms with Crippen LogP contribution >= 0.6 is 15.9 Å². The van der Waals surface area contributed by atoms with Crippen LogP contribution in [0.5, 0.6) is 0 Å². The van der Waals surface area contributed by atoms with Crippen molar-refractivity contribution in [1.29, 1.82) is 0 Å². The van der Waals surface area contributed by atoms with E-state index in [9.17, 15) is 0 Å². The summed E-state index contributed by atoms with van der Waals surface area (Å²) in [5, 5.41) is 3.10. The Kier molecular flexibility index (Phi) is 3.62. The van der Waals surface area contributed by atoms with Crippen LogP contribution in [-0.4, -0.2) is 11.5 Å². The largest absolute Gasteiger partial charge is 0.369 e. The number of terminal acetylenes is 1. The summed E-state index contributed by atoms with van der Waals surface area (Å²) in [6, 6.07) is 5.71. The highest BCUT2D eigenvalue weighted by Gasteiger charge is 1.91. The van der Waals surface area contributed by atoms with Gasteiger partial charge in [0.2, 0.25) is 0 Å². The lowest BCUT2D eigenvalue weighted by molar-refractivity contribution is 1.07. The first-order valence-corrected chi connectivity index (χ1v) is 4.42. The first kappa shape index (κ1) is 9.08. The molecule has 0 aliphatic carbocycles. The standard InChI is InChI=1S/C9H9BrN2/c1-2-3-7-11-9-6-4-5-8(10)12-9/h1,4-6H,3,7H2,(H,11,12). The van der Waals surface area contributed by atoms with Crippen LogP contribution in [0.25, 0.3) is 0 Å². The molecular weight excluding hydrogens is 216 g/mol. The second-order valence-electron chi connectivity index (χ2n) is 2.23. The number of nitrogens with zero attached hydrogens (tertiary/aromatic N) is 1. The topological polar surface area (TPSA) is 24.9 Å². The van der Waals surface area contributed by atoms with Crippen LogP contribution < -0.4 is 5.32 Å². The van der Waals surface area contributed by atoms with Crippen molar-refractivity contribution in [2.24, 2.45) is 0 Å². The number of pyridine rings is 1. The normalized spacial score (nSPS) is 9.00. The molecule has 0 spiro atoms. The predicted octanol–water partition coefficient (Wildman–Crippen LogP) is 2.28. The van der Waals surface area contributed by atoms with E-state index in [1.54, 1.807) is 0 Å².